The van der Waals surface area contributed by atoms with E-state index in [4.69, 9.17) is 61.9 Å². The van der Waals surface area contributed by atoms with Gasteiger partial charge in [0.25, 0.3) is 0 Å². The first-order valence-electron chi connectivity index (χ1n) is 4.33. The highest BCUT2D eigenvalue weighted by molar-refractivity contribution is 8.10. The average Bonchev–Trinajstić information content (AvgIpc) is 1.96. The summed E-state index contributed by atoms with van der Waals surface area (Å²) in [5.74, 6) is 0. The van der Waals surface area contributed by atoms with Crippen molar-refractivity contribution in [3.8, 4) is 0 Å². The Hall–Kier alpha value is 0.909. The molecule has 0 fully saturated rings. The van der Waals surface area contributed by atoms with Gasteiger partial charge >= 0.3 is 0 Å². The standard InChI is InChI=1S/B14/c1-9(2)13(10(3)4)14(11(5)6)12(7)8/q-2. The van der Waals surface area contributed by atoms with Crippen LogP contribution in [-0.2, 0) is 0 Å². The van der Waals surface area contributed by atoms with E-state index in [0.29, 0.717) is 0 Å². The summed E-state index contributed by atoms with van der Waals surface area (Å²) in [6.07, 6.45) is -4.08. The second kappa shape index (κ2) is 6.48. The molecule has 0 unspecified atom stereocenters. The fourth-order valence-corrected chi connectivity index (χ4v) is 1.54. The molecule has 0 saturated heterocycles. The fourth-order valence-electron chi connectivity index (χ4n) is 1.54. The van der Waals surface area contributed by atoms with E-state index in [1.54, 1.807) is 0 Å². The lowest BCUT2D eigenvalue weighted by molar-refractivity contribution is 3.41. The molecule has 18 radical (unpaired) electrons. The van der Waals surface area contributed by atoms with Gasteiger partial charge in [0.1, 0.15) is 0 Å². The Morgan fingerprint density at radius 2 is 0.857 bits per heavy atom. The minimum atomic E-state index is -0.760. The van der Waals surface area contributed by atoms with Crippen LogP contribution in [0.15, 0.2) is 0 Å². The van der Waals surface area contributed by atoms with E-state index in [0.717, 1.165) is 0 Å². The van der Waals surface area contributed by atoms with Gasteiger partial charge in [0, 0.05) is 0 Å². The largest absolute Gasteiger partial charge is 0.729 e. The van der Waals surface area contributed by atoms with Crippen molar-refractivity contribution >= 4 is 100 Å². The van der Waals surface area contributed by atoms with Crippen molar-refractivity contribution < 1.29 is 0 Å². The van der Waals surface area contributed by atoms with Crippen LogP contribution in [0.2, 0.25) is 0 Å². The molecule has 44 valence electrons. The van der Waals surface area contributed by atoms with E-state index in [1.165, 1.54) is 0 Å². The minimum Gasteiger partial charge on any atom is -0.729 e. The zero-order valence-corrected chi connectivity index (χ0v) is 8.08. The summed E-state index contributed by atoms with van der Waals surface area (Å²) in [4.78, 5) is 0. The molecule has 14 heteroatoms. The molecule has 0 atom stereocenters. The van der Waals surface area contributed by atoms with Gasteiger partial charge in [-0.1, -0.05) is 6.39 Å². The third kappa shape index (κ3) is 4.19. The van der Waals surface area contributed by atoms with Crippen LogP contribution in [0.4, 0.5) is 0 Å². The van der Waals surface area contributed by atoms with Gasteiger partial charge < -0.3 is 21.9 Å². The molecule has 0 aromatic heterocycles. The van der Waals surface area contributed by atoms with Crippen LogP contribution in [0.25, 0.3) is 0 Å². The van der Waals surface area contributed by atoms with E-state index in [1.807, 2.05) is 0 Å². The first kappa shape index (κ1) is 14.9. The van der Waals surface area contributed by atoms with Crippen molar-refractivity contribution in [2.75, 3.05) is 0 Å². The summed E-state index contributed by atoms with van der Waals surface area (Å²) in [7, 11) is 44.1. The van der Waals surface area contributed by atoms with Gasteiger partial charge in [-0.05, 0) is 72.0 Å². The summed E-state index contributed by atoms with van der Waals surface area (Å²) >= 11 is 0. The first-order valence-corrected chi connectivity index (χ1v) is 4.33. The van der Waals surface area contributed by atoms with Crippen molar-refractivity contribution in [3.63, 3.8) is 0 Å². The van der Waals surface area contributed by atoms with E-state index < -0.39 is 38.3 Å². The van der Waals surface area contributed by atoms with Crippen LogP contribution in [0.1, 0.15) is 0 Å². The number of rotatable bonds is 5. The molecule has 14 heavy (non-hydrogen) atoms. The Morgan fingerprint density at radius 1 is 0.571 bits per heavy atom. The van der Waals surface area contributed by atoms with Crippen molar-refractivity contribution in [2.45, 2.75) is 0 Å². The second-order valence-electron chi connectivity index (χ2n) is 3.46. The van der Waals surface area contributed by atoms with Crippen LogP contribution in [-0.4, -0.2) is 100 Å². The van der Waals surface area contributed by atoms with Crippen molar-refractivity contribution in [1.29, 1.82) is 0 Å². The van der Waals surface area contributed by atoms with Crippen LogP contribution in [0.5, 0.6) is 0 Å². The molecular formula is B14-2. The molecule has 0 aromatic carbocycles. The Labute approximate surface area is 100 Å². The zero-order valence-electron chi connectivity index (χ0n) is 8.08. The molecule has 0 bridgehead atoms. The quantitative estimate of drug-likeness (QED) is 0.344. The summed E-state index contributed by atoms with van der Waals surface area (Å²) in [6, 6.07) is 0. The summed E-state index contributed by atoms with van der Waals surface area (Å²) < 4.78 is 0. The van der Waals surface area contributed by atoms with Crippen LogP contribution in [0, 0.1) is 0 Å². The zero-order chi connectivity index (χ0) is 11.5. The highest BCUT2D eigenvalue weighted by Crippen LogP contribution is 1.97. The normalized spacial score (nSPS) is 9.00. The van der Waals surface area contributed by atoms with Crippen molar-refractivity contribution in [1.82, 2.24) is 0 Å². The fraction of sp³-hybridized carbons (Fsp3) is 0. The maximum absolute atomic E-state index is 5.51. The molecular weight excluding hydrogens is 151 g/mol. The molecule has 0 aliphatic rings. The third-order valence-corrected chi connectivity index (χ3v) is 2.22. The lowest BCUT2D eigenvalue weighted by Crippen LogP contribution is -2.72. The van der Waals surface area contributed by atoms with E-state index in [9.17, 15) is 0 Å². The van der Waals surface area contributed by atoms with E-state index in [-0.39, 0.29) is 0 Å². The molecule has 0 aromatic rings. The predicted octanol–water partition coefficient (Wildman–Crippen LogP) is -5.33. The molecule has 0 aliphatic carbocycles. The van der Waals surface area contributed by atoms with Gasteiger partial charge in [0.15, 0.2) is 0 Å². The Kier molecular flexibility index (Phi) is 6.90. The molecule has 0 heterocycles. The number of hydrogen-bond donors (Lipinski definition) is 0. The topological polar surface area (TPSA) is 0 Å². The monoisotopic (exact) mass is 154 g/mol. The Bertz CT molecular complexity index is 108. The first-order chi connectivity index (χ1) is 6.29. The Balaban J connectivity index is 4.74. The van der Waals surface area contributed by atoms with Crippen molar-refractivity contribution in [2.24, 2.45) is 0 Å². The molecule has 0 saturated carbocycles. The smallest absolute Gasteiger partial charge is 0.00000316 e. The van der Waals surface area contributed by atoms with Gasteiger partial charge in [-0.15, -0.1) is 0 Å². The second-order valence-corrected chi connectivity index (χ2v) is 3.46. The third-order valence-electron chi connectivity index (χ3n) is 2.22. The van der Waals surface area contributed by atoms with Crippen LogP contribution < -0.4 is 0 Å². The Morgan fingerprint density at radius 3 is 0.929 bits per heavy atom. The summed E-state index contributed by atoms with van der Waals surface area (Å²) in [5.41, 5.74) is 0. The van der Waals surface area contributed by atoms with Crippen molar-refractivity contribution in [3.05, 3.63) is 0 Å². The molecule has 0 spiro atoms. The molecule has 0 amide bonds. The van der Waals surface area contributed by atoms with Gasteiger partial charge in [-0.2, -0.15) is 0 Å². The molecule has 0 aliphatic heterocycles. The maximum atomic E-state index is 5.51. The lowest BCUT2D eigenvalue weighted by atomic mass is 8.47. The minimum absolute atomic E-state index is 0.519. The SMILES string of the molecule is [B]B([B])B(B([B])[B])B(B([B])[B])B([B-])[B-]. The number of hydrogen-bond acceptors (Lipinski definition) is 0. The van der Waals surface area contributed by atoms with Gasteiger partial charge in [0.05, 0.1) is 0 Å². The van der Waals surface area contributed by atoms with E-state index >= 15 is 0 Å². The van der Waals surface area contributed by atoms with Gasteiger partial charge in [0.2, 0.25) is 0 Å². The predicted molar refractivity (Wildman–Crippen MR) is 80.6 cm³/mol. The molecule has 0 nitrogen and oxygen atoms in total. The van der Waals surface area contributed by atoms with Crippen LogP contribution >= 0.6 is 0 Å². The van der Waals surface area contributed by atoms with Gasteiger partial charge in [-0.3, -0.25) is 0 Å². The summed E-state index contributed by atoms with van der Waals surface area (Å²) in [6.45, 7) is 0. The molecule has 0 N–H and O–H groups in total. The lowest BCUT2D eigenvalue weighted by Gasteiger charge is -2.50. The maximum Gasteiger partial charge on any atom is -0.00000316 e. The summed E-state index contributed by atoms with van der Waals surface area (Å²) in [5, 5.41) is 0. The van der Waals surface area contributed by atoms with Gasteiger partial charge in [-0.25, -0.2) is 0 Å². The highest BCUT2D eigenvalue weighted by Gasteiger charge is 2.29. The van der Waals surface area contributed by atoms with Crippen LogP contribution in [0.3, 0.4) is 0 Å². The highest BCUT2D eigenvalue weighted by atomic mass is 13.2. The molecule has 0 rings (SSSR count). The average molecular weight is 151 g/mol. The van der Waals surface area contributed by atoms with E-state index in [2.05, 4.69) is 0 Å².